The molecule has 0 aliphatic heterocycles. The summed E-state index contributed by atoms with van der Waals surface area (Å²) in [5.74, 6) is -3.27. The number of carbonyl (C=O) groups is 3. The van der Waals surface area contributed by atoms with E-state index in [9.17, 15) is 36.3 Å². The quantitative estimate of drug-likeness (QED) is 0.149. The van der Waals surface area contributed by atoms with Crippen LogP contribution in [0.25, 0.3) is 21.2 Å². The summed E-state index contributed by atoms with van der Waals surface area (Å²) in [6.45, 7) is 9.56. The molecule has 1 aliphatic rings. The van der Waals surface area contributed by atoms with E-state index in [2.05, 4.69) is 5.32 Å². The zero-order valence-electron chi connectivity index (χ0n) is 30.7. The summed E-state index contributed by atoms with van der Waals surface area (Å²) in [6, 6.07) is 12.1. The van der Waals surface area contributed by atoms with Crippen molar-refractivity contribution in [3.8, 4) is 16.9 Å². The summed E-state index contributed by atoms with van der Waals surface area (Å²) in [6.07, 6.45) is -1.01. The zero-order valence-corrected chi connectivity index (χ0v) is 32.3. The molecule has 0 bridgehead atoms. The van der Waals surface area contributed by atoms with Crippen molar-refractivity contribution in [1.82, 2.24) is 10.2 Å². The molecule has 3 aromatic carbocycles. The standard InChI is InChI=1S/C31H25ClF5NO3S.C6H13NO2.C2H6/c1-41-24-14-11-19(17-7-9-18(10-8-17)29(39)31(35,36)37)15-20(24)16-38(21-5-3-2-4-6-21)30(40)28-26(32)25-22(33)12-13-23(34)27(25)42-28;1-6(2,3)9-5(8)7-4;1-2/h7-15,21H,2-6,16H2,1H3;1-4H3,(H,7,8);1-2H3. The van der Waals surface area contributed by atoms with Crippen LogP contribution in [0, 0.1) is 11.6 Å². The fourth-order valence-corrected chi connectivity index (χ4v) is 7.20. The number of hydrogen-bond donors (Lipinski definition) is 1. The highest BCUT2D eigenvalue weighted by molar-refractivity contribution is 7.21. The highest BCUT2D eigenvalue weighted by Gasteiger charge is 2.39. The Morgan fingerprint density at radius 3 is 2.00 bits per heavy atom. The first-order valence-electron chi connectivity index (χ1n) is 17.1. The van der Waals surface area contributed by atoms with Crippen molar-refractivity contribution in [2.45, 2.75) is 91.1 Å². The second-order valence-corrected chi connectivity index (χ2v) is 14.3. The Labute approximate surface area is 315 Å². The predicted molar refractivity (Wildman–Crippen MR) is 199 cm³/mol. The lowest BCUT2D eigenvalue weighted by Gasteiger charge is -2.34. The number of thiophene rings is 1. The summed E-state index contributed by atoms with van der Waals surface area (Å²) < 4.78 is 78.0. The number of fused-ring (bicyclic) bond motifs is 1. The Balaban J connectivity index is 0.000000603. The van der Waals surface area contributed by atoms with Gasteiger partial charge in [-0.25, -0.2) is 13.6 Å². The normalized spacial score (nSPS) is 13.2. The van der Waals surface area contributed by atoms with Crippen LogP contribution in [0.2, 0.25) is 5.02 Å². The van der Waals surface area contributed by atoms with Gasteiger partial charge in [0, 0.05) is 30.8 Å². The maximum atomic E-state index is 14.6. The second kappa shape index (κ2) is 18.7. The third kappa shape index (κ3) is 11.1. The van der Waals surface area contributed by atoms with E-state index in [0.29, 0.717) is 22.4 Å². The van der Waals surface area contributed by atoms with Crippen LogP contribution in [0.3, 0.4) is 0 Å². The van der Waals surface area contributed by atoms with Crippen LogP contribution in [0.4, 0.5) is 26.7 Å². The Morgan fingerprint density at radius 1 is 0.906 bits per heavy atom. The molecule has 53 heavy (non-hydrogen) atoms. The van der Waals surface area contributed by atoms with Crippen LogP contribution < -0.4 is 10.1 Å². The van der Waals surface area contributed by atoms with Crippen molar-refractivity contribution in [2.75, 3.05) is 14.2 Å². The first kappa shape index (κ1) is 43.2. The third-order valence-corrected chi connectivity index (χ3v) is 9.79. The number of ether oxygens (including phenoxy) is 2. The number of methoxy groups -OCH3 is 1. The van der Waals surface area contributed by atoms with Gasteiger partial charge in [0.05, 0.1) is 22.2 Å². The fourth-order valence-electron chi connectivity index (χ4n) is 5.70. The van der Waals surface area contributed by atoms with Crippen LogP contribution in [0.5, 0.6) is 5.75 Å². The monoisotopic (exact) mass is 782 g/mol. The molecule has 0 radical (unpaired) electrons. The molecule has 1 fully saturated rings. The van der Waals surface area contributed by atoms with E-state index in [1.807, 2.05) is 34.6 Å². The molecule has 4 aromatic rings. The number of rotatable bonds is 7. The molecule has 288 valence electrons. The van der Waals surface area contributed by atoms with Crippen molar-refractivity contribution < 1.29 is 45.8 Å². The molecule has 7 nitrogen and oxygen atoms in total. The van der Waals surface area contributed by atoms with E-state index in [0.717, 1.165) is 67.7 Å². The Bertz CT molecular complexity index is 1880. The molecule has 1 heterocycles. The van der Waals surface area contributed by atoms with Gasteiger partial charge in [0.25, 0.3) is 11.7 Å². The molecule has 1 aliphatic carbocycles. The molecule has 0 saturated heterocycles. The molecule has 5 rings (SSSR count). The number of hydrogen-bond acceptors (Lipinski definition) is 6. The molecular weight excluding hydrogens is 739 g/mol. The molecule has 1 aromatic heterocycles. The van der Waals surface area contributed by atoms with Crippen LogP contribution >= 0.6 is 22.9 Å². The minimum atomic E-state index is -4.97. The SMILES string of the molecule is CC.CNC(=O)OC(C)(C)C.COc1ccc(-c2ccc(C(=O)C(F)(F)F)cc2)cc1CN(C(=O)c1sc2c(F)ccc(F)c2c1Cl)C1CCCCC1. The molecule has 1 saturated carbocycles. The summed E-state index contributed by atoms with van der Waals surface area (Å²) in [5, 5.41) is 2.10. The maximum absolute atomic E-state index is 14.6. The van der Waals surface area contributed by atoms with Crippen molar-refractivity contribution in [3.05, 3.63) is 87.3 Å². The number of amides is 2. The first-order valence-corrected chi connectivity index (χ1v) is 18.3. The molecule has 0 unspecified atom stereocenters. The molecule has 0 atom stereocenters. The number of ketones is 1. The number of alkyl halides is 3. The van der Waals surface area contributed by atoms with Gasteiger partial charge >= 0.3 is 12.3 Å². The van der Waals surface area contributed by atoms with E-state index in [4.69, 9.17) is 21.1 Å². The maximum Gasteiger partial charge on any atom is 0.454 e. The minimum Gasteiger partial charge on any atom is -0.496 e. The van der Waals surface area contributed by atoms with E-state index < -0.39 is 35.1 Å². The van der Waals surface area contributed by atoms with Gasteiger partial charge in [0.1, 0.15) is 27.9 Å². The van der Waals surface area contributed by atoms with Gasteiger partial charge in [-0.3, -0.25) is 9.59 Å². The van der Waals surface area contributed by atoms with Crippen molar-refractivity contribution >= 4 is 50.8 Å². The Kier molecular flexibility index (Phi) is 15.2. The molecule has 0 spiro atoms. The number of benzene rings is 3. The van der Waals surface area contributed by atoms with Gasteiger partial charge in [-0.2, -0.15) is 13.2 Å². The number of carbonyl (C=O) groups excluding carboxylic acids is 3. The lowest BCUT2D eigenvalue weighted by atomic mass is 9.93. The van der Waals surface area contributed by atoms with Gasteiger partial charge in [-0.1, -0.05) is 75.0 Å². The number of halogens is 6. The highest BCUT2D eigenvalue weighted by Crippen LogP contribution is 2.41. The molecule has 2 amide bonds. The summed E-state index contributed by atoms with van der Waals surface area (Å²) in [5.41, 5.74) is 0.963. The summed E-state index contributed by atoms with van der Waals surface area (Å²) in [7, 11) is 3.02. The van der Waals surface area contributed by atoms with E-state index in [1.165, 1.54) is 26.3 Å². The summed E-state index contributed by atoms with van der Waals surface area (Å²) >= 11 is 7.29. The van der Waals surface area contributed by atoms with Gasteiger partial charge in [-0.05, 0) is 69.0 Å². The Hall–Kier alpha value is -4.23. The zero-order chi connectivity index (χ0) is 39.7. The predicted octanol–water partition coefficient (Wildman–Crippen LogP) is 11.4. The second-order valence-electron chi connectivity index (χ2n) is 12.9. The average molecular weight is 783 g/mol. The number of nitrogens with zero attached hydrogens (tertiary/aromatic N) is 1. The largest absolute Gasteiger partial charge is 0.496 e. The fraction of sp³-hybridized carbons (Fsp3) is 0.410. The van der Waals surface area contributed by atoms with E-state index in [1.54, 1.807) is 23.1 Å². The number of nitrogens with one attached hydrogen (secondary N) is 1. The smallest absolute Gasteiger partial charge is 0.454 e. The first-order chi connectivity index (χ1) is 24.9. The van der Waals surface area contributed by atoms with Gasteiger partial charge in [0.2, 0.25) is 0 Å². The lowest BCUT2D eigenvalue weighted by Crippen LogP contribution is -2.40. The van der Waals surface area contributed by atoms with Crippen LogP contribution in [-0.4, -0.2) is 54.7 Å². The van der Waals surface area contributed by atoms with Crippen LogP contribution in [0.15, 0.2) is 54.6 Å². The molecular formula is C39H44ClF5N2O5S. The topological polar surface area (TPSA) is 84.9 Å². The Morgan fingerprint density at radius 2 is 1.49 bits per heavy atom. The van der Waals surface area contributed by atoms with Crippen LogP contribution in [0.1, 0.15) is 92.3 Å². The average Bonchev–Trinajstić information content (AvgIpc) is 3.50. The lowest BCUT2D eigenvalue weighted by molar-refractivity contribution is -0.0885. The van der Waals surface area contributed by atoms with E-state index in [-0.39, 0.29) is 44.3 Å². The van der Waals surface area contributed by atoms with Crippen LogP contribution in [-0.2, 0) is 11.3 Å². The molecule has 14 heteroatoms. The van der Waals surface area contributed by atoms with Crippen molar-refractivity contribution in [2.24, 2.45) is 0 Å². The van der Waals surface area contributed by atoms with E-state index >= 15 is 0 Å². The minimum absolute atomic E-state index is 0.0287. The van der Waals surface area contributed by atoms with Gasteiger partial charge in [-0.15, -0.1) is 11.3 Å². The summed E-state index contributed by atoms with van der Waals surface area (Å²) in [4.78, 5) is 37.8. The van der Waals surface area contributed by atoms with Gasteiger partial charge < -0.3 is 19.7 Å². The third-order valence-electron chi connectivity index (χ3n) is 8.11. The van der Waals surface area contributed by atoms with Crippen molar-refractivity contribution in [1.29, 1.82) is 0 Å². The number of alkyl carbamates (subject to hydrolysis) is 1. The molecule has 1 N–H and O–H groups in total. The van der Waals surface area contributed by atoms with Gasteiger partial charge in [0.15, 0.2) is 0 Å². The van der Waals surface area contributed by atoms with Crippen molar-refractivity contribution in [3.63, 3.8) is 0 Å². The number of Topliss-reactive ketones (excluding diaryl/α,β-unsaturated/α-hetero) is 1. The highest BCUT2D eigenvalue weighted by atomic mass is 35.5.